The van der Waals surface area contributed by atoms with Gasteiger partial charge in [-0.1, -0.05) is 30.3 Å². The number of aliphatic hydroxyl groups excluding tert-OH is 1. The maximum absolute atomic E-state index is 13.3. The number of piperidine rings is 1. The van der Waals surface area contributed by atoms with E-state index < -0.39 is 0 Å². The second-order valence-electron chi connectivity index (χ2n) is 10.0. The van der Waals surface area contributed by atoms with Crippen LogP contribution in [0.3, 0.4) is 0 Å². The van der Waals surface area contributed by atoms with Crippen molar-refractivity contribution in [3.8, 4) is 0 Å². The van der Waals surface area contributed by atoms with Gasteiger partial charge in [0.05, 0.1) is 11.5 Å². The van der Waals surface area contributed by atoms with Crippen LogP contribution in [-0.2, 0) is 16.1 Å². The molecule has 4 saturated carbocycles. The van der Waals surface area contributed by atoms with Crippen LogP contribution in [0.15, 0.2) is 30.3 Å². The molecule has 5 aliphatic rings. The van der Waals surface area contributed by atoms with Gasteiger partial charge in [-0.2, -0.15) is 0 Å². The standard InChI is InChI=1S/C24H32N2O4/c27-21-18-9-17-10-19(21)13-24(11-17,12-18)22(28)25-20-7-4-8-26(14-20)23(29)30-15-16-5-2-1-3-6-16/h1-3,5-6,17-21,27H,4,7-15H2,(H,25,28)/t17?,18?,19?,20-,21?,24?/m0/s1. The number of nitrogens with one attached hydrogen (secondary N) is 1. The lowest BCUT2D eigenvalue weighted by molar-refractivity contribution is -0.164. The third-order valence-corrected chi connectivity index (χ3v) is 7.93. The van der Waals surface area contributed by atoms with Crippen molar-refractivity contribution >= 4 is 12.0 Å². The number of amides is 2. The van der Waals surface area contributed by atoms with Gasteiger partial charge in [0.1, 0.15) is 6.61 Å². The molecular formula is C24H32N2O4. The maximum Gasteiger partial charge on any atom is 0.410 e. The summed E-state index contributed by atoms with van der Waals surface area (Å²) in [6.07, 6.45) is 6.00. The van der Waals surface area contributed by atoms with Crippen molar-refractivity contribution in [3.63, 3.8) is 0 Å². The Morgan fingerprint density at radius 2 is 1.87 bits per heavy atom. The minimum Gasteiger partial charge on any atom is -0.445 e. The molecule has 30 heavy (non-hydrogen) atoms. The van der Waals surface area contributed by atoms with Crippen molar-refractivity contribution in [1.82, 2.24) is 10.2 Å². The largest absolute Gasteiger partial charge is 0.445 e. The number of hydrogen-bond acceptors (Lipinski definition) is 4. The molecule has 2 N–H and O–H groups in total. The molecular weight excluding hydrogens is 380 g/mol. The molecule has 4 bridgehead atoms. The highest BCUT2D eigenvalue weighted by molar-refractivity contribution is 5.83. The minimum atomic E-state index is -0.310. The van der Waals surface area contributed by atoms with Crippen LogP contribution in [0.25, 0.3) is 0 Å². The van der Waals surface area contributed by atoms with Crippen molar-refractivity contribution in [2.24, 2.45) is 23.2 Å². The zero-order chi connectivity index (χ0) is 20.7. The lowest BCUT2D eigenvalue weighted by Gasteiger charge is -2.58. The number of nitrogens with zero attached hydrogens (tertiary/aromatic N) is 1. The zero-order valence-corrected chi connectivity index (χ0v) is 17.5. The van der Waals surface area contributed by atoms with Crippen molar-refractivity contribution < 1.29 is 19.4 Å². The zero-order valence-electron chi connectivity index (χ0n) is 17.5. The summed E-state index contributed by atoms with van der Waals surface area (Å²) < 4.78 is 5.48. The molecule has 4 aliphatic carbocycles. The number of hydrogen-bond donors (Lipinski definition) is 2. The molecule has 3 atom stereocenters. The summed E-state index contributed by atoms with van der Waals surface area (Å²) >= 11 is 0. The SMILES string of the molecule is O=C(OCc1ccccc1)N1CCC[C@H](NC(=O)C23CC4CC(C2)C(O)C(C4)C3)C1. The number of likely N-dealkylation sites (tertiary alicyclic amines) is 1. The molecule has 1 aromatic rings. The van der Waals surface area contributed by atoms with Gasteiger partial charge in [-0.05, 0) is 68.3 Å². The average Bonchev–Trinajstić information content (AvgIpc) is 2.76. The van der Waals surface area contributed by atoms with Crippen molar-refractivity contribution in [2.45, 2.75) is 63.7 Å². The van der Waals surface area contributed by atoms with Crippen LogP contribution in [0.1, 0.15) is 50.5 Å². The Bertz CT molecular complexity index is 782. The maximum atomic E-state index is 13.3. The van der Waals surface area contributed by atoms with E-state index in [9.17, 15) is 14.7 Å². The van der Waals surface area contributed by atoms with E-state index >= 15 is 0 Å². The van der Waals surface area contributed by atoms with Gasteiger partial charge in [0.15, 0.2) is 0 Å². The molecule has 0 spiro atoms. The third-order valence-electron chi connectivity index (χ3n) is 7.93. The van der Waals surface area contributed by atoms with E-state index in [4.69, 9.17) is 4.74 Å². The average molecular weight is 413 g/mol. The van der Waals surface area contributed by atoms with Gasteiger partial charge < -0.3 is 20.1 Å². The van der Waals surface area contributed by atoms with Crippen molar-refractivity contribution in [1.29, 1.82) is 0 Å². The highest BCUT2D eigenvalue weighted by atomic mass is 16.6. The van der Waals surface area contributed by atoms with Gasteiger partial charge in [-0.15, -0.1) is 0 Å². The summed E-state index contributed by atoms with van der Waals surface area (Å²) in [6.45, 7) is 1.45. The molecule has 5 fully saturated rings. The predicted molar refractivity (Wildman–Crippen MR) is 111 cm³/mol. The summed E-state index contributed by atoms with van der Waals surface area (Å²) in [7, 11) is 0. The first-order valence-electron chi connectivity index (χ1n) is 11.5. The monoisotopic (exact) mass is 412 g/mol. The molecule has 1 saturated heterocycles. The molecule has 1 aromatic carbocycles. The lowest BCUT2D eigenvalue weighted by Crippen LogP contribution is -2.60. The Hall–Kier alpha value is -2.08. The Labute approximate surface area is 178 Å². The van der Waals surface area contributed by atoms with Crippen LogP contribution >= 0.6 is 0 Å². The Kier molecular flexibility index (Phi) is 5.21. The van der Waals surface area contributed by atoms with E-state index in [1.54, 1.807) is 4.90 Å². The van der Waals surface area contributed by atoms with Gasteiger partial charge in [0.25, 0.3) is 0 Å². The first-order chi connectivity index (χ1) is 14.5. The van der Waals surface area contributed by atoms with Gasteiger partial charge >= 0.3 is 6.09 Å². The summed E-state index contributed by atoms with van der Waals surface area (Å²) in [6, 6.07) is 9.66. The second-order valence-corrected chi connectivity index (χ2v) is 10.0. The number of aliphatic hydroxyl groups is 1. The summed E-state index contributed by atoms with van der Waals surface area (Å²) in [5, 5.41) is 13.8. The third kappa shape index (κ3) is 3.70. The van der Waals surface area contributed by atoms with Crippen molar-refractivity contribution in [3.05, 3.63) is 35.9 Å². The fourth-order valence-corrected chi connectivity index (χ4v) is 6.69. The normalized spacial score (nSPS) is 37.1. The number of rotatable bonds is 4. The molecule has 162 valence electrons. The summed E-state index contributed by atoms with van der Waals surface area (Å²) in [5.74, 6) is 1.32. The second kappa shape index (κ2) is 7.88. The summed E-state index contributed by atoms with van der Waals surface area (Å²) in [4.78, 5) is 27.6. The fourth-order valence-electron chi connectivity index (χ4n) is 6.69. The highest BCUT2D eigenvalue weighted by Gasteiger charge is 2.58. The van der Waals surface area contributed by atoms with Crippen LogP contribution in [0.5, 0.6) is 0 Å². The molecule has 6 heteroatoms. The van der Waals surface area contributed by atoms with Crippen LogP contribution in [0.4, 0.5) is 4.79 Å². The molecule has 6 nitrogen and oxygen atoms in total. The van der Waals surface area contributed by atoms with Crippen LogP contribution < -0.4 is 5.32 Å². The number of carbonyl (C=O) groups excluding carboxylic acids is 2. The van der Waals surface area contributed by atoms with Gasteiger partial charge in [-0.25, -0.2) is 4.79 Å². The van der Waals surface area contributed by atoms with Crippen molar-refractivity contribution in [2.75, 3.05) is 13.1 Å². The van der Waals surface area contributed by atoms with Crippen LogP contribution in [0.2, 0.25) is 0 Å². The molecule has 2 amide bonds. The number of benzene rings is 1. The van der Waals surface area contributed by atoms with Gasteiger partial charge in [0, 0.05) is 19.1 Å². The first-order valence-corrected chi connectivity index (χ1v) is 11.5. The quantitative estimate of drug-likeness (QED) is 0.797. The van der Waals surface area contributed by atoms with E-state index in [1.807, 2.05) is 30.3 Å². The molecule has 1 aliphatic heterocycles. The van der Waals surface area contributed by atoms with Crippen LogP contribution in [0, 0.1) is 23.2 Å². The molecule has 6 rings (SSSR count). The van der Waals surface area contributed by atoms with E-state index in [-0.39, 0.29) is 48.0 Å². The van der Waals surface area contributed by atoms with Gasteiger partial charge in [0.2, 0.25) is 5.91 Å². The first kappa shape index (κ1) is 19.9. The summed E-state index contributed by atoms with van der Waals surface area (Å²) in [5.41, 5.74) is 0.669. The van der Waals surface area contributed by atoms with E-state index in [0.717, 1.165) is 50.5 Å². The van der Waals surface area contributed by atoms with Crippen LogP contribution in [-0.4, -0.2) is 47.2 Å². The topological polar surface area (TPSA) is 78.9 Å². The fraction of sp³-hybridized carbons (Fsp3) is 0.667. The van der Waals surface area contributed by atoms with Gasteiger partial charge in [-0.3, -0.25) is 4.79 Å². The molecule has 0 radical (unpaired) electrons. The smallest absolute Gasteiger partial charge is 0.410 e. The molecule has 2 unspecified atom stereocenters. The Balaban J connectivity index is 1.17. The lowest BCUT2D eigenvalue weighted by atomic mass is 9.48. The number of ether oxygens (including phenoxy) is 1. The van der Waals surface area contributed by atoms with E-state index in [0.29, 0.717) is 19.0 Å². The van der Waals surface area contributed by atoms with E-state index in [1.165, 1.54) is 0 Å². The predicted octanol–water partition coefficient (Wildman–Crippen LogP) is 3.09. The molecule has 1 heterocycles. The minimum absolute atomic E-state index is 0.0200. The Morgan fingerprint density at radius 1 is 1.13 bits per heavy atom. The molecule has 0 aromatic heterocycles. The highest BCUT2D eigenvalue weighted by Crippen LogP contribution is 2.60. The van der Waals surface area contributed by atoms with E-state index in [2.05, 4.69) is 5.32 Å². The Morgan fingerprint density at radius 3 is 2.60 bits per heavy atom. The number of carbonyl (C=O) groups is 2.